The number of fused-ring (bicyclic) bond motifs is 1. The summed E-state index contributed by atoms with van der Waals surface area (Å²) in [5, 5.41) is 7.36. The van der Waals surface area contributed by atoms with Gasteiger partial charge in [0.15, 0.2) is 0 Å². The monoisotopic (exact) mass is 344 g/mol. The molecule has 1 aliphatic carbocycles. The summed E-state index contributed by atoms with van der Waals surface area (Å²) in [6, 6.07) is 9.53. The van der Waals surface area contributed by atoms with Crippen molar-refractivity contribution in [3.05, 3.63) is 35.4 Å². The minimum absolute atomic E-state index is 0.569. The van der Waals surface area contributed by atoms with E-state index < -0.39 is 0 Å². The van der Waals surface area contributed by atoms with Crippen molar-refractivity contribution in [1.29, 1.82) is 0 Å². The molecule has 0 heterocycles. The quantitative estimate of drug-likeness (QED) is 0.418. The molecule has 0 radical (unpaired) electrons. The zero-order valence-corrected chi connectivity index (χ0v) is 16.5. The predicted octanol–water partition coefficient (Wildman–Crippen LogP) is 5.77. The molecule has 0 aliphatic heterocycles. The van der Waals surface area contributed by atoms with Gasteiger partial charge in [0.1, 0.15) is 0 Å². The molecule has 2 nitrogen and oxygen atoms in total. The molecule has 1 aliphatic rings. The van der Waals surface area contributed by atoms with Gasteiger partial charge in [-0.15, -0.1) is 0 Å². The molecule has 2 N–H and O–H groups in total. The average Bonchev–Trinajstić information content (AvgIpc) is 2.65. The molecule has 0 fully saturated rings. The number of aryl methyl sites for hydroxylation is 1. The minimum Gasteiger partial charge on any atom is -0.315 e. The Morgan fingerprint density at radius 3 is 2.36 bits per heavy atom. The number of unbranched alkanes of at least 4 members (excludes halogenated alkanes) is 8. The van der Waals surface area contributed by atoms with Gasteiger partial charge in [0.2, 0.25) is 0 Å². The maximum absolute atomic E-state index is 3.75. The van der Waals surface area contributed by atoms with Gasteiger partial charge in [-0.2, -0.15) is 0 Å². The first-order valence-corrected chi connectivity index (χ1v) is 10.9. The summed E-state index contributed by atoms with van der Waals surface area (Å²) >= 11 is 0. The number of benzene rings is 1. The molecule has 25 heavy (non-hydrogen) atoms. The van der Waals surface area contributed by atoms with Crippen molar-refractivity contribution >= 4 is 0 Å². The van der Waals surface area contributed by atoms with E-state index in [1.54, 1.807) is 5.56 Å². The third kappa shape index (κ3) is 8.37. The van der Waals surface area contributed by atoms with Crippen LogP contribution >= 0.6 is 0 Å². The first-order valence-electron chi connectivity index (χ1n) is 10.9. The lowest BCUT2D eigenvalue weighted by Crippen LogP contribution is -2.32. The second-order valence-corrected chi connectivity index (χ2v) is 7.68. The lowest BCUT2D eigenvalue weighted by Gasteiger charge is -2.26. The minimum atomic E-state index is 0.569. The Morgan fingerprint density at radius 2 is 1.56 bits per heavy atom. The lowest BCUT2D eigenvalue weighted by atomic mass is 9.88. The topological polar surface area (TPSA) is 24.1 Å². The van der Waals surface area contributed by atoms with Gasteiger partial charge in [-0.05, 0) is 43.4 Å². The van der Waals surface area contributed by atoms with Crippen LogP contribution in [-0.4, -0.2) is 19.6 Å². The Morgan fingerprint density at radius 1 is 0.840 bits per heavy atom. The van der Waals surface area contributed by atoms with Crippen molar-refractivity contribution in [2.45, 2.75) is 90.0 Å². The van der Waals surface area contributed by atoms with Crippen LogP contribution in [0.15, 0.2) is 24.3 Å². The van der Waals surface area contributed by atoms with E-state index in [2.05, 4.69) is 41.8 Å². The van der Waals surface area contributed by atoms with Crippen molar-refractivity contribution in [3.63, 3.8) is 0 Å². The van der Waals surface area contributed by atoms with Crippen LogP contribution in [0.5, 0.6) is 0 Å². The zero-order valence-electron chi connectivity index (χ0n) is 16.5. The van der Waals surface area contributed by atoms with Gasteiger partial charge in [0.25, 0.3) is 0 Å². The fourth-order valence-electron chi connectivity index (χ4n) is 3.99. The van der Waals surface area contributed by atoms with E-state index in [0.717, 1.165) is 13.1 Å². The fourth-order valence-corrected chi connectivity index (χ4v) is 3.99. The highest BCUT2D eigenvalue weighted by atomic mass is 15.0. The van der Waals surface area contributed by atoms with Gasteiger partial charge in [0.05, 0.1) is 0 Å². The Bertz CT molecular complexity index is 443. The molecular weight excluding hydrogens is 304 g/mol. The third-order valence-corrected chi connectivity index (χ3v) is 5.52. The van der Waals surface area contributed by atoms with E-state index in [1.165, 1.54) is 89.2 Å². The Hall–Kier alpha value is -0.860. The highest BCUT2D eigenvalue weighted by Gasteiger charge is 2.18. The van der Waals surface area contributed by atoms with Gasteiger partial charge >= 0.3 is 0 Å². The molecule has 0 saturated carbocycles. The predicted molar refractivity (Wildman–Crippen MR) is 110 cm³/mol. The summed E-state index contributed by atoms with van der Waals surface area (Å²) in [4.78, 5) is 0. The summed E-state index contributed by atoms with van der Waals surface area (Å²) in [6.07, 6.45) is 16.6. The number of hydrogen-bond donors (Lipinski definition) is 2. The molecule has 1 aromatic carbocycles. The molecule has 2 rings (SSSR count). The molecule has 1 aromatic rings. The van der Waals surface area contributed by atoms with Crippen molar-refractivity contribution in [2.75, 3.05) is 19.6 Å². The van der Waals surface area contributed by atoms with Gasteiger partial charge in [-0.1, -0.05) is 82.6 Å². The number of hydrogen-bond acceptors (Lipinski definition) is 2. The third-order valence-electron chi connectivity index (χ3n) is 5.52. The van der Waals surface area contributed by atoms with Crippen molar-refractivity contribution in [2.24, 2.45) is 0 Å². The van der Waals surface area contributed by atoms with Crippen LogP contribution < -0.4 is 10.6 Å². The fraction of sp³-hybridized carbons (Fsp3) is 0.739. The van der Waals surface area contributed by atoms with Crippen LogP contribution in [-0.2, 0) is 6.42 Å². The maximum Gasteiger partial charge on any atom is 0.0323 e. The van der Waals surface area contributed by atoms with E-state index in [4.69, 9.17) is 0 Å². The maximum atomic E-state index is 3.75. The Kier molecular flexibility index (Phi) is 10.9. The zero-order chi connectivity index (χ0) is 17.6. The largest absolute Gasteiger partial charge is 0.315 e. The molecule has 2 heteroatoms. The highest BCUT2D eigenvalue weighted by molar-refractivity contribution is 5.32. The molecule has 0 bridgehead atoms. The van der Waals surface area contributed by atoms with Crippen LogP contribution in [0.4, 0.5) is 0 Å². The van der Waals surface area contributed by atoms with Gasteiger partial charge in [-0.3, -0.25) is 0 Å². The summed E-state index contributed by atoms with van der Waals surface area (Å²) in [6.45, 7) is 5.64. The number of rotatable bonds is 14. The standard InChI is InChI=1S/C23H40N2/c1-2-3-4-5-6-7-8-9-12-18-24-19-20-25-23-17-13-15-21-14-10-11-16-22(21)23/h10-11,14,16,23-25H,2-9,12-13,15,17-20H2,1H3. The van der Waals surface area contributed by atoms with Crippen molar-refractivity contribution < 1.29 is 0 Å². The van der Waals surface area contributed by atoms with Crippen LogP contribution in [0.1, 0.15) is 94.7 Å². The molecule has 0 spiro atoms. The van der Waals surface area contributed by atoms with Crippen LogP contribution in [0, 0.1) is 0 Å². The van der Waals surface area contributed by atoms with Crippen LogP contribution in [0.2, 0.25) is 0 Å². The lowest BCUT2D eigenvalue weighted by molar-refractivity contribution is 0.452. The van der Waals surface area contributed by atoms with Crippen LogP contribution in [0.25, 0.3) is 0 Å². The van der Waals surface area contributed by atoms with Crippen molar-refractivity contribution in [1.82, 2.24) is 10.6 Å². The van der Waals surface area contributed by atoms with Gasteiger partial charge in [0, 0.05) is 19.1 Å². The normalized spacial score (nSPS) is 16.8. The first-order chi connectivity index (χ1) is 12.4. The Labute approximate surface area is 156 Å². The van der Waals surface area contributed by atoms with E-state index in [0.29, 0.717) is 6.04 Å². The van der Waals surface area contributed by atoms with E-state index >= 15 is 0 Å². The smallest absolute Gasteiger partial charge is 0.0323 e. The molecule has 1 atom stereocenters. The van der Waals surface area contributed by atoms with Crippen LogP contribution in [0.3, 0.4) is 0 Å². The summed E-state index contributed by atoms with van der Waals surface area (Å²) in [7, 11) is 0. The molecule has 0 amide bonds. The second kappa shape index (κ2) is 13.4. The second-order valence-electron chi connectivity index (χ2n) is 7.68. The molecule has 0 saturated heterocycles. The van der Waals surface area contributed by atoms with E-state index in [9.17, 15) is 0 Å². The van der Waals surface area contributed by atoms with Gasteiger partial charge < -0.3 is 10.6 Å². The SMILES string of the molecule is CCCCCCCCCCCNCCNC1CCCc2ccccc21. The molecule has 1 unspecified atom stereocenters. The summed E-state index contributed by atoms with van der Waals surface area (Å²) < 4.78 is 0. The molecule has 142 valence electrons. The van der Waals surface area contributed by atoms with E-state index in [-0.39, 0.29) is 0 Å². The number of nitrogens with one attached hydrogen (secondary N) is 2. The highest BCUT2D eigenvalue weighted by Crippen LogP contribution is 2.29. The van der Waals surface area contributed by atoms with Gasteiger partial charge in [-0.25, -0.2) is 0 Å². The molecular formula is C23H40N2. The van der Waals surface area contributed by atoms with Crippen molar-refractivity contribution in [3.8, 4) is 0 Å². The summed E-state index contributed by atoms with van der Waals surface area (Å²) in [5.41, 5.74) is 3.08. The molecule has 0 aromatic heterocycles. The first kappa shape index (κ1) is 20.5. The summed E-state index contributed by atoms with van der Waals surface area (Å²) in [5.74, 6) is 0. The average molecular weight is 345 g/mol. The van der Waals surface area contributed by atoms with E-state index in [1.807, 2.05) is 0 Å². The Balaban J connectivity index is 1.41.